The number of rotatable bonds is 3. The van der Waals surface area contributed by atoms with Crippen molar-refractivity contribution in [2.45, 2.75) is 12.2 Å². The van der Waals surface area contributed by atoms with Crippen molar-refractivity contribution in [3.63, 3.8) is 0 Å². The maximum atomic E-state index is 13.3. The second kappa shape index (κ2) is 5.99. The smallest absolute Gasteiger partial charge is 0.308 e. The van der Waals surface area contributed by atoms with Crippen LogP contribution < -0.4 is 5.32 Å². The van der Waals surface area contributed by atoms with Gasteiger partial charge < -0.3 is 5.32 Å². The molecule has 0 saturated carbocycles. The average molecular weight is 319 g/mol. The molecule has 0 saturated heterocycles. The highest BCUT2D eigenvalue weighted by atomic mass is 35.5. The molecule has 0 aliphatic carbocycles. The van der Waals surface area contributed by atoms with E-state index in [2.05, 4.69) is 10.3 Å². The first-order valence-corrected chi connectivity index (χ1v) is 6.36. The number of pyridine rings is 1. The van der Waals surface area contributed by atoms with Crippen LogP contribution >= 0.6 is 11.6 Å². The molecule has 0 bridgehead atoms. The van der Waals surface area contributed by atoms with Crippen molar-refractivity contribution < 1.29 is 17.6 Å². The van der Waals surface area contributed by atoms with E-state index in [0.29, 0.717) is 10.7 Å². The molecule has 0 radical (unpaired) electrons. The van der Waals surface area contributed by atoms with Gasteiger partial charge in [-0.25, -0.2) is 4.39 Å². The summed E-state index contributed by atoms with van der Waals surface area (Å²) in [6.07, 6.45) is -3.27. The summed E-state index contributed by atoms with van der Waals surface area (Å²) in [7, 11) is 1.56. The van der Waals surface area contributed by atoms with Gasteiger partial charge in [0.05, 0.1) is 22.3 Å². The molecule has 1 aromatic heterocycles. The minimum atomic E-state index is -4.76. The molecule has 1 N–H and O–H groups in total. The molecule has 112 valence electrons. The minimum absolute atomic E-state index is 0.229. The monoisotopic (exact) mass is 318 g/mol. The molecular weight excluding hydrogens is 308 g/mol. The Morgan fingerprint density at radius 1 is 1.24 bits per heavy atom. The average Bonchev–Trinajstić information content (AvgIpc) is 2.42. The van der Waals surface area contributed by atoms with Crippen LogP contribution in [-0.2, 0) is 6.18 Å². The summed E-state index contributed by atoms with van der Waals surface area (Å²) in [5, 5.41) is 3.15. The number of nitrogens with one attached hydrogen (secondary N) is 1. The summed E-state index contributed by atoms with van der Waals surface area (Å²) in [5.74, 6) is -1.31. The lowest BCUT2D eigenvalue weighted by molar-refractivity contribution is -0.140. The van der Waals surface area contributed by atoms with Gasteiger partial charge in [-0.05, 0) is 36.9 Å². The summed E-state index contributed by atoms with van der Waals surface area (Å²) in [5.41, 5.74) is -0.708. The maximum absolute atomic E-state index is 13.3. The largest absolute Gasteiger partial charge is 0.419 e. The van der Waals surface area contributed by atoms with Gasteiger partial charge in [0.2, 0.25) is 0 Å². The van der Waals surface area contributed by atoms with Gasteiger partial charge in [-0.3, -0.25) is 4.98 Å². The minimum Gasteiger partial charge on any atom is -0.308 e. The van der Waals surface area contributed by atoms with Gasteiger partial charge in [0.1, 0.15) is 5.82 Å². The Kier molecular flexibility index (Phi) is 4.49. The van der Waals surface area contributed by atoms with Crippen molar-refractivity contribution in [1.82, 2.24) is 10.3 Å². The zero-order valence-electron chi connectivity index (χ0n) is 10.9. The molecule has 0 spiro atoms. The van der Waals surface area contributed by atoms with Gasteiger partial charge in [-0.2, -0.15) is 13.2 Å². The SMILES string of the molecule is CNC(c1ccc(F)c(C(F)(F)F)c1)c1ncccc1Cl. The molecule has 0 amide bonds. The predicted octanol–water partition coefficient (Wildman–Crippen LogP) is 4.20. The van der Waals surface area contributed by atoms with E-state index < -0.39 is 23.6 Å². The molecule has 1 atom stereocenters. The van der Waals surface area contributed by atoms with Crippen LogP contribution in [0.4, 0.5) is 17.6 Å². The molecule has 1 heterocycles. The maximum Gasteiger partial charge on any atom is 0.419 e. The molecular formula is C14H11ClF4N2. The first kappa shape index (κ1) is 15.7. The normalized spacial score (nSPS) is 13.2. The second-order valence-electron chi connectivity index (χ2n) is 4.33. The lowest BCUT2D eigenvalue weighted by Crippen LogP contribution is -2.20. The topological polar surface area (TPSA) is 24.9 Å². The Morgan fingerprint density at radius 3 is 2.52 bits per heavy atom. The quantitative estimate of drug-likeness (QED) is 0.858. The number of hydrogen-bond donors (Lipinski definition) is 1. The van der Waals surface area contributed by atoms with E-state index in [1.54, 1.807) is 19.2 Å². The van der Waals surface area contributed by atoms with Crippen LogP contribution in [-0.4, -0.2) is 12.0 Å². The summed E-state index contributed by atoms with van der Waals surface area (Å²) in [4.78, 5) is 4.07. The van der Waals surface area contributed by atoms with E-state index in [9.17, 15) is 17.6 Å². The van der Waals surface area contributed by atoms with Crippen LogP contribution in [0, 0.1) is 5.82 Å². The molecule has 1 aromatic carbocycles. The molecule has 1 unspecified atom stereocenters. The van der Waals surface area contributed by atoms with E-state index in [1.807, 2.05) is 0 Å². The number of benzene rings is 1. The van der Waals surface area contributed by atoms with Gasteiger partial charge >= 0.3 is 6.18 Å². The first-order chi connectivity index (χ1) is 9.84. The number of aromatic nitrogens is 1. The molecule has 21 heavy (non-hydrogen) atoms. The van der Waals surface area contributed by atoms with Crippen LogP contribution in [0.5, 0.6) is 0 Å². The summed E-state index contributed by atoms with van der Waals surface area (Å²) >= 11 is 6.01. The van der Waals surface area contributed by atoms with Crippen LogP contribution in [0.1, 0.15) is 22.9 Å². The molecule has 0 aliphatic rings. The van der Waals surface area contributed by atoms with Crippen molar-refractivity contribution in [2.24, 2.45) is 0 Å². The van der Waals surface area contributed by atoms with E-state index in [4.69, 9.17) is 11.6 Å². The van der Waals surface area contributed by atoms with Crippen LogP contribution in [0.3, 0.4) is 0 Å². The summed E-state index contributed by atoms with van der Waals surface area (Å²) in [6, 6.07) is 5.37. The highest BCUT2D eigenvalue weighted by Crippen LogP contribution is 2.34. The van der Waals surface area contributed by atoms with E-state index in [-0.39, 0.29) is 5.56 Å². The third-order valence-electron chi connectivity index (χ3n) is 2.98. The standard InChI is InChI=1S/C14H11ClF4N2/c1-20-12(13-10(15)3-2-6-21-13)8-4-5-11(16)9(7-8)14(17,18)19/h2-7,12,20H,1H3. The van der Waals surface area contributed by atoms with Crippen molar-refractivity contribution in [3.05, 3.63) is 64.2 Å². The van der Waals surface area contributed by atoms with Gasteiger partial charge in [0.15, 0.2) is 0 Å². The Morgan fingerprint density at radius 2 is 1.95 bits per heavy atom. The molecule has 0 aliphatic heterocycles. The van der Waals surface area contributed by atoms with E-state index in [0.717, 1.165) is 12.1 Å². The number of hydrogen-bond acceptors (Lipinski definition) is 2. The lowest BCUT2D eigenvalue weighted by Gasteiger charge is -2.19. The Hall–Kier alpha value is -1.66. The van der Waals surface area contributed by atoms with Gasteiger partial charge in [-0.15, -0.1) is 0 Å². The summed E-state index contributed by atoms with van der Waals surface area (Å²) < 4.78 is 51.7. The summed E-state index contributed by atoms with van der Waals surface area (Å²) in [6.45, 7) is 0. The third kappa shape index (κ3) is 3.33. The van der Waals surface area contributed by atoms with Gasteiger partial charge in [0.25, 0.3) is 0 Å². The zero-order chi connectivity index (χ0) is 15.6. The molecule has 2 nitrogen and oxygen atoms in total. The zero-order valence-corrected chi connectivity index (χ0v) is 11.6. The lowest BCUT2D eigenvalue weighted by atomic mass is 10.00. The number of halogens is 5. The van der Waals surface area contributed by atoms with Crippen LogP contribution in [0.15, 0.2) is 36.5 Å². The fourth-order valence-corrected chi connectivity index (χ4v) is 2.24. The molecule has 2 rings (SSSR count). The van der Waals surface area contributed by atoms with Crippen molar-refractivity contribution in [1.29, 1.82) is 0 Å². The van der Waals surface area contributed by atoms with Crippen LogP contribution in [0.25, 0.3) is 0 Å². The third-order valence-corrected chi connectivity index (χ3v) is 3.30. The molecule has 7 heteroatoms. The fourth-order valence-electron chi connectivity index (χ4n) is 2.01. The van der Waals surface area contributed by atoms with Gasteiger partial charge in [0, 0.05) is 6.20 Å². The van der Waals surface area contributed by atoms with E-state index >= 15 is 0 Å². The fraction of sp³-hybridized carbons (Fsp3) is 0.214. The predicted molar refractivity (Wildman–Crippen MR) is 71.6 cm³/mol. The van der Waals surface area contributed by atoms with Crippen LogP contribution in [0.2, 0.25) is 5.02 Å². The molecule has 2 aromatic rings. The number of nitrogens with zero attached hydrogens (tertiary/aromatic N) is 1. The highest BCUT2D eigenvalue weighted by Gasteiger charge is 2.35. The second-order valence-corrected chi connectivity index (χ2v) is 4.74. The van der Waals surface area contributed by atoms with E-state index in [1.165, 1.54) is 12.3 Å². The molecule has 0 fully saturated rings. The Labute approximate surface area is 123 Å². The number of alkyl halides is 3. The Balaban J connectivity index is 2.52. The van der Waals surface area contributed by atoms with Crippen molar-refractivity contribution >= 4 is 11.6 Å². The highest BCUT2D eigenvalue weighted by molar-refractivity contribution is 6.31. The Bertz CT molecular complexity index is 643. The first-order valence-electron chi connectivity index (χ1n) is 5.99. The van der Waals surface area contributed by atoms with Gasteiger partial charge in [-0.1, -0.05) is 17.7 Å². The van der Waals surface area contributed by atoms with Crippen molar-refractivity contribution in [3.8, 4) is 0 Å². The van der Waals surface area contributed by atoms with Crippen molar-refractivity contribution in [2.75, 3.05) is 7.05 Å².